The number of benzene rings is 1. The van der Waals surface area contributed by atoms with E-state index >= 15 is 0 Å². The molecule has 1 aliphatic rings. The summed E-state index contributed by atoms with van der Waals surface area (Å²) < 4.78 is 0. The molecule has 0 saturated carbocycles. The Kier molecular flexibility index (Phi) is 4.10. The lowest BCUT2D eigenvalue weighted by Gasteiger charge is -2.32. The fourth-order valence-corrected chi connectivity index (χ4v) is 3.44. The molecule has 1 aliphatic carbocycles. The second kappa shape index (κ2) is 6.02. The molecule has 21 heavy (non-hydrogen) atoms. The minimum atomic E-state index is -0.0855. The Balaban J connectivity index is 2.03. The summed E-state index contributed by atoms with van der Waals surface area (Å²) in [6.45, 7) is 0. The molecule has 0 amide bonds. The molecule has 1 heterocycles. The fraction of sp³-hybridized carbons (Fsp3) is 0.312. The average Bonchev–Trinajstić information content (AvgIpc) is 2.51. The second-order valence-electron chi connectivity index (χ2n) is 5.47. The van der Waals surface area contributed by atoms with Crippen LogP contribution in [0.4, 0.5) is 5.82 Å². The van der Waals surface area contributed by atoms with Gasteiger partial charge in [0.25, 0.3) is 0 Å². The van der Waals surface area contributed by atoms with E-state index < -0.39 is 0 Å². The van der Waals surface area contributed by atoms with E-state index in [2.05, 4.69) is 34.7 Å². The number of aryl methyl sites for hydroxylation is 1. The SMILES string of the molecule is NNC(c1cc(Cl)cnc1N)C1CCCc2ccccc21. The van der Waals surface area contributed by atoms with Crippen LogP contribution in [0.5, 0.6) is 0 Å². The van der Waals surface area contributed by atoms with E-state index in [0.717, 1.165) is 24.8 Å². The topological polar surface area (TPSA) is 77.0 Å². The van der Waals surface area contributed by atoms with Crippen LogP contribution in [0.2, 0.25) is 5.02 Å². The van der Waals surface area contributed by atoms with Gasteiger partial charge in [-0.15, -0.1) is 0 Å². The molecule has 0 saturated heterocycles. The molecule has 0 fully saturated rings. The molecule has 2 atom stereocenters. The highest BCUT2D eigenvalue weighted by molar-refractivity contribution is 6.30. The van der Waals surface area contributed by atoms with Crippen LogP contribution in [0.25, 0.3) is 0 Å². The third-order valence-corrected chi connectivity index (χ3v) is 4.46. The lowest BCUT2D eigenvalue weighted by Crippen LogP contribution is -2.34. The van der Waals surface area contributed by atoms with Gasteiger partial charge < -0.3 is 5.73 Å². The number of nitrogens with two attached hydrogens (primary N) is 2. The molecule has 2 unspecified atom stereocenters. The molecular formula is C16H19ClN4. The van der Waals surface area contributed by atoms with Gasteiger partial charge in [0, 0.05) is 17.7 Å². The first-order valence-corrected chi connectivity index (χ1v) is 7.53. The number of nitrogens with one attached hydrogen (secondary N) is 1. The minimum absolute atomic E-state index is 0.0855. The smallest absolute Gasteiger partial charge is 0.128 e. The van der Waals surface area contributed by atoms with Gasteiger partial charge in [0.15, 0.2) is 0 Å². The van der Waals surface area contributed by atoms with Crippen molar-refractivity contribution in [3.63, 3.8) is 0 Å². The quantitative estimate of drug-likeness (QED) is 0.602. The molecule has 110 valence electrons. The Morgan fingerprint density at radius 1 is 1.33 bits per heavy atom. The molecule has 0 aliphatic heterocycles. The van der Waals surface area contributed by atoms with E-state index in [9.17, 15) is 0 Å². The molecular weight excluding hydrogens is 284 g/mol. The van der Waals surface area contributed by atoms with Crippen molar-refractivity contribution < 1.29 is 0 Å². The Morgan fingerprint density at radius 2 is 2.14 bits per heavy atom. The predicted octanol–water partition coefficient (Wildman–Crippen LogP) is 2.94. The van der Waals surface area contributed by atoms with E-state index in [4.69, 9.17) is 23.2 Å². The molecule has 3 rings (SSSR count). The Hall–Kier alpha value is -1.62. The van der Waals surface area contributed by atoms with Crippen LogP contribution in [0.3, 0.4) is 0 Å². The number of hydrogen-bond donors (Lipinski definition) is 3. The van der Waals surface area contributed by atoms with Crippen LogP contribution >= 0.6 is 11.6 Å². The average molecular weight is 303 g/mol. The zero-order valence-electron chi connectivity index (χ0n) is 11.7. The summed E-state index contributed by atoms with van der Waals surface area (Å²) in [5, 5.41) is 0.573. The summed E-state index contributed by atoms with van der Waals surface area (Å²) in [4.78, 5) is 4.15. The van der Waals surface area contributed by atoms with Crippen LogP contribution in [0, 0.1) is 0 Å². The third kappa shape index (κ3) is 2.75. The highest BCUT2D eigenvalue weighted by Gasteiger charge is 2.29. The van der Waals surface area contributed by atoms with Gasteiger partial charge >= 0.3 is 0 Å². The lowest BCUT2D eigenvalue weighted by molar-refractivity contribution is 0.408. The van der Waals surface area contributed by atoms with E-state index in [1.54, 1.807) is 6.20 Å². The van der Waals surface area contributed by atoms with Gasteiger partial charge in [0.05, 0.1) is 11.1 Å². The first-order chi connectivity index (χ1) is 10.2. The molecule has 0 bridgehead atoms. The van der Waals surface area contributed by atoms with E-state index in [-0.39, 0.29) is 12.0 Å². The van der Waals surface area contributed by atoms with Crippen LogP contribution < -0.4 is 17.0 Å². The molecule has 1 aromatic heterocycles. The maximum atomic E-state index is 6.07. The van der Waals surface area contributed by atoms with Crippen LogP contribution in [0.15, 0.2) is 36.5 Å². The van der Waals surface area contributed by atoms with Gasteiger partial charge in [-0.05, 0) is 36.5 Å². The maximum absolute atomic E-state index is 6.07. The summed E-state index contributed by atoms with van der Waals surface area (Å²) in [5.74, 6) is 6.59. The maximum Gasteiger partial charge on any atom is 0.128 e. The number of hydrazine groups is 1. The first-order valence-electron chi connectivity index (χ1n) is 7.15. The second-order valence-corrected chi connectivity index (χ2v) is 5.91. The fourth-order valence-electron chi connectivity index (χ4n) is 3.28. The molecule has 5 N–H and O–H groups in total. The number of nitrogen functional groups attached to an aromatic ring is 1. The van der Waals surface area contributed by atoms with Crippen molar-refractivity contribution in [2.75, 3.05) is 5.73 Å². The first kappa shape index (κ1) is 14.3. The summed E-state index contributed by atoms with van der Waals surface area (Å²) in [5.41, 5.74) is 12.5. The van der Waals surface area contributed by atoms with Crippen LogP contribution in [-0.4, -0.2) is 4.98 Å². The van der Waals surface area contributed by atoms with E-state index in [1.165, 1.54) is 11.1 Å². The normalized spacial score (nSPS) is 19.0. The summed E-state index contributed by atoms with van der Waals surface area (Å²) in [7, 11) is 0. The minimum Gasteiger partial charge on any atom is -0.383 e. The number of pyridine rings is 1. The number of fused-ring (bicyclic) bond motifs is 1. The number of rotatable bonds is 3. The molecule has 4 nitrogen and oxygen atoms in total. The van der Waals surface area contributed by atoms with Gasteiger partial charge in [-0.1, -0.05) is 35.9 Å². The van der Waals surface area contributed by atoms with Crippen molar-refractivity contribution in [2.45, 2.75) is 31.2 Å². The summed E-state index contributed by atoms with van der Waals surface area (Å²) >= 11 is 6.07. The predicted molar refractivity (Wildman–Crippen MR) is 85.8 cm³/mol. The molecule has 2 aromatic rings. The number of halogens is 1. The van der Waals surface area contributed by atoms with E-state index in [1.807, 2.05) is 6.07 Å². The van der Waals surface area contributed by atoms with Crippen molar-refractivity contribution in [3.05, 3.63) is 58.2 Å². The number of anilines is 1. The lowest BCUT2D eigenvalue weighted by atomic mass is 9.77. The van der Waals surface area contributed by atoms with Crippen molar-refractivity contribution in [3.8, 4) is 0 Å². The van der Waals surface area contributed by atoms with Gasteiger partial charge in [-0.3, -0.25) is 11.3 Å². The van der Waals surface area contributed by atoms with Crippen molar-refractivity contribution in [1.29, 1.82) is 0 Å². The standard InChI is InChI=1S/C16H19ClN4/c17-11-8-14(16(18)20-9-11)15(21-19)13-7-3-5-10-4-1-2-6-12(10)13/h1-2,4,6,8-9,13,15,21H,3,5,7,19H2,(H2,18,20). The molecule has 0 spiro atoms. The number of nitrogens with zero attached hydrogens (tertiary/aromatic N) is 1. The Labute approximate surface area is 129 Å². The zero-order chi connectivity index (χ0) is 14.8. The summed E-state index contributed by atoms with van der Waals surface area (Å²) in [6.07, 6.45) is 4.89. The highest BCUT2D eigenvalue weighted by atomic mass is 35.5. The van der Waals surface area contributed by atoms with Gasteiger partial charge in [-0.2, -0.15) is 0 Å². The monoisotopic (exact) mass is 302 g/mol. The van der Waals surface area contributed by atoms with Crippen molar-refractivity contribution in [1.82, 2.24) is 10.4 Å². The largest absolute Gasteiger partial charge is 0.383 e. The van der Waals surface area contributed by atoms with Crippen molar-refractivity contribution in [2.24, 2.45) is 5.84 Å². The van der Waals surface area contributed by atoms with Gasteiger partial charge in [0.2, 0.25) is 0 Å². The zero-order valence-corrected chi connectivity index (χ0v) is 12.5. The summed E-state index contributed by atoms with van der Waals surface area (Å²) in [6, 6.07) is 10.3. The van der Waals surface area contributed by atoms with Crippen LogP contribution in [-0.2, 0) is 6.42 Å². The number of aromatic nitrogens is 1. The third-order valence-electron chi connectivity index (χ3n) is 4.25. The molecule has 5 heteroatoms. The Bertz CT molecular complexity index is 644. The van der Waals surface area contributed by atoms with E-state index in [0.29, 0.717) is 10.8 Å². The van der Waals surface area contributed by atoms with Gasteiger partial charge in [0.1, 0.15) is 5.82 Å². The molecule has 0 radical (unpaired) electrons. The Morgan fingerprint density at radius 3 is 2.95 bits per heavy atom. The molecule has 1 aromatic carbocycles. The van der Waals surface area contributed by atoms with Crippen LogP contribution in [0.1, 0.15) is 41.5 Å². The highest BCUT2D eigenvalue weighted by Crippen LogP contribution is 2.41. The number of hydrogen-bond acceptors (Lipinski definition) is 4. The van der Waals surface area contributed by atoms with Gasteiger partial charge in [-0.25, -0.2) is 4.98 Å². The van der Waals surface area contributed by atoms with Crippen molar-refractivity contribution >= 4 is 17.4 Å².